The molecule has 0 saturated heterocycles. The van der Waals surface area contributed by atoms with Crippen LogP contribution in [0, 0.1) is 11.6 Å². The fourth-order valence-corrected chi connectivity index (χ4v) is 2.52. The molecule has 30 heavy (non-hydrogen) atoms. The minimum Gasteiger partial charge on any atom is -0.439 e. The Morgan fingerprint density at radius 1 is 0.767 bits per heavy atom. The Labute approximate surface area is 171 Å². The molecule has 0 aliphatic heterocycles. The third-order valence-electron chi connectivity index (χ3n) is 3.93. The minimum absolute atomic E-state index is 0.330. The van der Waals surface area contributed by atoms with Crippen LogP contribution < -0.4 is 14.8 Å². The van der Waals surface area contributed by atoms with Crippen molar-refractivity contribution < 1.29 is 18.3 Å². The predicted octanol–water partition coefficient (Wildman–Crippen LogP) is 5.35. The van der Waals surface area contributed by atoms with E-state index < -0.39 is 0 Å². The van der Waals surface area contributed by atoms with Gasteiger partial charge in [0.25, 0.3) is 0 Å². The molecule has 0 amide bonds. The number of rotatable bonds is 7. The zero-order chi connectivity index (χ0) is 20.8. The van der Waals surface area contributed by atoms with Crippen LogP contribution in [0.1, 0.15) is 5.56 Å². The Kier molecular flexibility index (Phi) is 5.75. The Hall–Kier alpha value is -4.07. The SMILES string of the molecule is Fc1ccc(Oc2ccnc(NCc3ccc(Oc4cccc(F)c4)nc3)n2)cc1. The highest BCUT2D eigenvalue weighted by molar-refractivity contribution is 5.33. The minimum atomic E-state index is -0.376. The molecule has 0 atom stereocenters. The van der Waals surface area contributed by atoms with Gasteiger partial charge in [0.15, 0.2) is 0 Å². The molecule has 2 aromatic heterocycles. The van der Waals surface area contributed by atoms with E-state index in [9.17, 15) is 8.78 Å². The monoisotopic (exact) mass is 406 g/mol. The van der Waals surface area contributed by atoms with Crippen LogP contribution >= 0.6 is 0 Å². The predicted molar refractivity (Wildman–Crippen MR) is 107 cm³/mol. The van der Waals surface area contributed by atoms with Gasteiger partial charge in [-0.3, -0.25) is 0 Å². The van der Waals surface area contributed by atoms with Gasteiger partial charge in [0.05, 0.1) is 0 Å². The van der Waals surface area contributed by atoms with Gasteiger partial charge >= 0.3 is 0 Å². The first-order valence-corrected chi connectivity index (χ1v) is 9.03. The van der Waals surface area contributed by atoms with Crippen LogP contribution in [-0.4, -0.2) is 15.0 Å². The van der Waals surface area contributed by atoms with Gasteiger partial charge in [-0.2, -0.15) is 4.98 Å². The van der Waals surface area contributed by atoms with Crippen LogP contribution in [0.4, 0.5) is 14.7 Å². The average Bonchev–Trinajstić information content (AvgIpc) is 2.75. The summed E-state index contributed by atoms with van der Waals surface area (Å²) in [6, 6.07) is 16.6. The van der Waals surface area contributed by atoms with Gasteiger partial charge in [-0.1, -0.05) is 12.1 Å². The summed E-state index contributed by atoms with van der Waals surface area (Å²) in [5.74, 6) is 1.19. The zero-order valence-electron chi connectivity index (χ0n) is 15.6. The summed E-state index contributed by atoms with van der Waals surface area (Å²) >= 11 is 0. The molecule has 8 heteroatoms. The Morgan fingerprint density at radius 2 is 1.60 bits per heavy atom. The second-order valence-corrected chi connectivity index (χ2v) is 6.19. The van der Waals surface area contributed by atoms with Crippen molar-refractivity contribution in [2.24, 2.45) is 0 Å². The van der Waals surface area contributed by atoms with Gasteiger partial charge in [-0.05, 0) is 42.0 Å². The second-order valence-electron chi connectivity index (χ2n) is 6.19. The largest absolute Gasteiger partial charge is 0.439 e. The molecule has 4 aromatic rings. The molecule has 1 N–H and O–H groups in total. The molecule has 2 aromatic carbocycles. The number of halogens is 2. The number of benzene rings is 2. The molecular formula is C22H16F2N4O2. The van der Waals surface area contributed by atoms with Crippen molar-refractivity contribution >= 4 is 5.95 Å². The summed E-state index contributed by atoms with van der Waals surface area (Å²) < 4.78 is 37.3. The van der Waals surface area contributed by atoms with E-state index in [0.717, 1.165) is 5.56 Å². The molecule has 0 aliphatic rings. The summed E-state index contributed by atoms with van der Waals surface area (Å²) in [5.41, 5.74) is 0.870. The number of anilines is 1. The number of ether oxygens (including phenoxy) is 2. The van der Waals surface area contributed by atoms with Gasteiger partial charge < -0.3 is 14.8 Å². The smallest absolute Gasteiger partial charge is 0.226 e. The molecule has 4 rings (SSSR count). The van der Waals surface area contributed by atoms with Crippen LogP contribution in [0.3, 0.4) is 0 Å². The number of nitrogens with one attached hydrogen (secondary N) is 1. The molecule has 0 spiro atoms. The molecule has 0 aliphatic carbocycles. The lowest BCUT2D eigenvalue weighted by Gasteiger charge is -2.08. The summed E-state index contributed by atoms with van der Waals surface area (Å²) in [7, 11) is 0. The van der Waals surface area contributed by atoms with Crippen LogP contribution in [-0.2, 0) is 6.54 Å². The van der Waals surface area contributed by atoms with Gasteiger partial charge in [-0.15, -0.1) is 0 Å². The number of nitrogens with zero attached hydrogens (tertiary/aromatic N) is 3. The van der Waals surface area contributed by atoms with Crippen molar-refractivity contribution in [1.82, 2.24) is 15.0 Å². The van der Waals surface area contributed by atoms with Crippen molar-refractivity contribution in [2.75, 3.05) is 5.32 Å². The lowest BCUT2D eigenvalue weighted by Crippen LogP contribution is -2.04. The fourth-order valence-electron chi connectivity index (χ4n) is 2.52. The van der Waals surface area contributed by atoms with Crippen molar-refractivity contribution in [2.45, 2.75) is 6.54 Å². The van der Waals surface area contributed by atoms with Crippen molar-refractivity contribution in [3.05, 3.63) is 96.3 Å². The van der Waals surface area contributed by atoms with Crippen molar-refractivity contribution in [3.63, 3.8) is 0 Å². The molecule has 0 unspecified atom stereocenters. The highest BCUT2D eigenvalue weighted by atomic mass is 19.1. The Morgan fingerprint density at radius 3 is 2.37 bits per heavy atom. The van der Waals surface area contributed by atoms with Crippen LogP contribution in [0.5, 0.6) is 23.3 Å². The molecule has 0 saturated carbocycles. The highest BCUT2D eigenvalue weighted by Gasteiger charge is 2.04. The second kappa shape index (κ2) is 8.95. The summed E-state index contributed by atoms with van der Waals surface area (Å²) in [6.45, 7) is 0.424. The van der Waals surface area contributed by atoms with E-state index in [4.69, 9.17) is 9.47 Å². The van der Waals surface area contributed by atoms with Crippen LogP contribution in [0.15, 0.2) is 79.1 Å². The van der Waals surface area contributed by atoms with Crippen LogP contribution in [0.25, 0.3) is 0 Å². The maximum Gasteiger partial charge on any atom is 0.226 e. The number of hydrogen-bond donors (Lipinski definition) is 1. The fraction of sp³-hybridized carbons (Fsp3) is 0.0455. The molecule has 0 radical (unpaired) electrons. The Balaban J connectivity index is 1.34. The van der Waals surface area contributed by atoms with Crippen molar-refractivity contribution in [1.29, 1.82) is 0 Å². The van der Waals surface area contributed by atoms with E-state index >= 15 is 0 Å². The number of aromatic nitrogens is 3. The van der Waals surface area contributed by atoms with Gasteiger partial charge in [-0.25, -0.2) is 18.7 Å². The lowest BCUT2D eigenvalue weighted by atomic mass is 10.3. The van der Waals surface area contributed by atoms with E-state index in [1.165, 1.54) is 36.4 Å². The molecule has 150 valence electrons. The van der Waals surface area contributed by atoms with Gasteiger partial charge in [0.1, 0.15) is 23.1 Å². The Bertz CT molecular complexity index is 1120. The quantitative estimate of drug-likeness (QED) is 0.446. The van der Waals surface area contributed by atoms with E-state index in [1.807, 2.05) is 6.07 Å². The molecule has 0 bridgehead atoms. The maximum absolute atomic E-state index is 13.2. The van der Waals surface area contributed by atoms with Gasteiger partial charge in [0.2, 0.25) is 17.7 Å². The molecule has 6 nitrogen and oxygen atoms in total. The molecule has 0 fully saturated rings. The lowest BCUT2D eigenvalue weighted by molar-refractivity contribution is 0.458. The maximum atomic E-state index is 13.2. The highest BCUT2D eigenvalue weighted by Crippen LogP contribution is 2.21. The summed E-state index contributed by atoms with van der Waals surface area (Å²) in [4.78, 5) is 12.6. The van der Waals surface area contributed by atoms with E-state index in [2.05, 4.69) is 20.3 Å². The van der Waals surface area contributed by atoms with E-state index in [1.54, 1.807) is 36.7 Å². The molecular weight excluding hydrogens is 390 g/mol. The third kappa shape index (κ3) is 5.26. The first-order valence-electron chi connectivity index (χ1n) is 9.03. The average molecular weight is 406 g/mol. The van der Waals surface area contributed by atoms with Crippen molar-refractivity contribution in [3.8, 4) is 23.3 Å². The number of hydrogen-bond acceptors (Lipinski definition) is 6. The standard InChI is InChI=1S/C22H16F2N4O2/c23-16-5-7-18(8-6-16)29-21-10-11-25-22(28-21)27-14-15-4-9-20(26-13-15)30-19-3-1-2-17(24)12-19/h1-13H,14H2,(H,25,27,28). The van der Waals surface area contributed by atoms with Crippen LogP contribution in [0.2, 0.25) is 0 Å². The van der Waals surface area contributed by atoms with E-state index in [-0.39, 0.29) is 11.6 Å². The van der Waals surface area contributed by atoms with E-state index in [0.29, 0.717) is 35.8 Å². The number of pyridine rings is 1. The first-order chi connectivity index (χ1) is 14.6. The normalized spacial score (nSPS) is 10.5. The summed E-state index contributed by atoms with van der Waals surface area (Å²) in [6.07, 6.45) is 3.20. The third-order valence-corrected chi connectivity index (χ3v) is 3.93. The molecule has 2 heterocycles. The topological polar surface area (TPSA) is 69.2 Å². The first kappa shape index (κ1) is 19.3. The van der Waals surface area contributed by atoms with Gasteiger partial charge in [0, 0.05) is 37.1 Å². The zero-order valence-corrected chi connectivity index (χ0v) is 15.6. The summed E-state index contributed by atoms with van der Waals surface area (Å²) in [5, 5.41) is 3.08.